The van der Waals surface area contributed by atoms with Gasteiger partial charge in [0.15, 0.2) is 0 Å². The van der Waals surface area contributed by atoms with Crippen molar-refractivity contribution in [1.82, 2.24) is 0 Å². The number of hydrogen-bond donors (Lipinski definition) is 0. The normalized spacial score (nSPS) is 10.3. The molecule has 3 nitrogen and oxygen atoms in total. The zero-order valence-electron chi connectivity index (χ0n) is 8.90. The van der Waals surface area contributed by atoms with Crippen LogP contribution in [0.5, 0.6) is 5.75 Å². The van der Waals surface area contributed by atoms with Crippen LogP contribution in [0, 0.1) is 0 Å². The van der Waals surface area contributed by atoms with Crippen molar-refractivity contribution in [1.29, 1.82) is 0 Å². The first kappa shape index (κ1) is 11.3. The summed E-state index contributed by atoms with van der Waals surface area (Å²) in [5.74, 6) is 0.499. The molecule has 0 unspecified atom stereocenters. The minimum atomic E-state index is -0.330. The third-order valence-electron chi connectivity index (χ3n) is 1.97. The summed E-state index contributed by atoms with van der Waals surface area (Å²) in [6, 6.07) is 7.70. The van der Waals surface area contributed by atoms with Crippen molar-refractivity contribution in [3.8, 4) is 5.75 Å². The van der Waals surface area contributed by atoms with Crippen LogP contribution in [-0.2, 0) is 16.0 Å². The number of allylic oxidation sites excluding steroid dienone is 1. The first-order valence-electron chi connectivity index (χ1n) is 4.63. The predicted molar refractivity (Wildman–Crippen MR) is 57.9 cm³/mol. The third-order valence-corrected chi connectivity index (χ3v) is 1.97. The second-order valence-electron chi connectivity index (χ2n) is 2.98. The van der Waals surface area contributed by atoms with E-state index < -0.39 is 0 Å². The maximum absolute atomic E-state index is 10.8. The molecule has 0 atom stereocenters. The standard InChI is InChI=1S/C12H14O3/c1-14-11-8-6-10(7-9-11)4-3-5-12(13)15-2/h3,5-9H,4H2,1-2H3/b5-3+. The van der Waals surface area contributed by atoms with Gasteiger partial charge in [-0.15, -0.1) is 0 Å². The van der Waals surface area contributed by atoms with Crippen LogP contribution in [-0.4, -0.2) is 20.2 Å². The van der Waals surface area contributed by atoms with Crippen molar-refractivity contribution in [3.05, 3.63) is 42.0 Å². The predicted octanol–water partition coefficient (Wildman–Crippen LogP) is 1.97. The van der Waals surface area contributed by atoms with E-state index >= 15 is 0 Å². The molecular formula is C12H14O3. The summed E-state index contributed by atoms with van der Waals surface area (Å²) in [6.07, 6.45) is 3.90. The topological polar surface area (TPSA) is 35.5 Å². The van der Waals surface area contributed by atoms with E-state index in [-0.39, 0.29) is 5.97 Å². The number of carbonyl (C=O) groups excluding carboxylic acids is 1. The Balaban J connectivity index is 2.51. The molecule has 0 aliphatic heterocycles. The molecule has 0 saturated heterocycles. The second-order valence-corrected chi connectivity index (χ2v) is 2.98. The molecule has 1 rings (SSSR count). The monoisotopic (exact) mass is 206 g/mol. The first-order valence-corrected chi connectivity index (χ1v) is 4.63. The fourth-order valence-electron chi connectivity index (χ4n) is 1.12. The number of rotatable bonds is 4. The Bertz CT molecular complexity index is 338. The summed E-state index contributed by atoms with van der Waals surface area (Å²) in [4.78, 5) is 10.8. The molecule has 0 aliphatic rings. The molecule has 80 valence electrons. The smallest absolute Gasteiger partial charge is 0.330 e. The lowest BCUT2D eigenvalue weighted by molar-refractivity contribution is -0.134. The van der Waals surface area contributed by atoms with Crippen LogP contribution in [0.25, 0.3) is 0 Å². The Morgan fingerprint density at radius 1 is 1.27 bits per heavy atom. The number of benzene rings is 1. The molecule has 1 aromatic rings. The lowest BCUT2D eigenvalue weighted by Crippen LogP contribution is -1.94. The van der Waals surface area contributed by atoms with Crippen molar-refractivity contribution in [2.24, 2.45) is 0 Å². The molecule has 0 fully saturated rings. The molecule has 0 heterocycles. The van der Waals surface area contributed by atoms with Gasteiger partial charge >= 0.3 is 5.97 Å². The van der Waals surface area contributed by atoms with E-state index in [1.165, 1.54) is 13.2 Å². The zero-order chi connectivity index (χ0) is 11.1. The van der Waals surface area contributed by atoms with E-state index in [0.717, 1.165) is 11.3 Å². The van der Waals surface area contributed by atoms with Crippen LogP contribution in [0.2, 0.25) is 0 Å². The minimum absolute atomic E-state index is 0.330. The summed E-state index contributed by atoms with van der Waals surface area (Å²) in [6.45, 7) is 0. The summed E-state index contributed by atoms with van der Waals surface area (Å²) in [5.41, 5.74) is 1.12. The van der Waals surface area contributed by atoms with E-state index in [0.29, 0.717) is 6.42 Å². The van der Waals surface area contributed by atoms with Crippen LogP contribution >= 0.6 is 0 Å². The van der Waals surface area contributed by atoms with E-state index in [1.54, 1.807) is 13.2 Å². The van der Waals surface area contributed by atoms with Crippen molar-refractivity contribution in [3.63, 3.8) is 0 Å². The van der Waals surface area contributed by atoms with Gasteiger partial charge in [0.05, 0.1) is 14.2 Å². The van der Waals surface area contributed by atoms with E-state index in [1.807, 2.05) is 24.3 Å². The quantitative estimate of drug-likeness (QED) is 0.558. The average molecular weight is 206 g/mol. The van der Waals surface area contributed by atoms with Crippen LogP contribution < -0.4 is 4.74 Å². The third kappa shape index (κ3) is 3.85. The maximum atomic E-state index is 10.8. The summed E-state index contributed by atoms with van der Waals surface area (Å²) < 4.78 is 9.52. The van der Waals surface area contributed by atoms with Crippen molar-refractivity contribution >= 4 is 5.97 Å². The summed E-state index contributed by atoms with van der Waals surface area (Å²) >= 11 is 0. The molecule has 0 N–H and O–H groups in total. The molecule has 15 heavy (non-hydrogen) atoms. The lowest BCUT2D eigenvalue weighted by Gasteiger charge is -2.00. The average Bonchev–Trinajstić information content (AvgIpc) is 2.29. The molecule has 3 heteroatoms. The molecule has 0 amide bonds. The Hall–Kier alpha value is -1.77. The molecule has 0 saturated carbocycles. The number of methoxy groups -OCH3 is 2. The molecule has 0 bridgehead atoms. The van der Waals surface area contributed by atoms with Crippen molar-refractivity contribution in [2.75, 3.05) is 14.2 Å². The van der Waals surface area contributed by atoms with Crippen LogP contribution in [0.15, 0.2) is 36.4 Å². The van der Waals surface area contributed by atoms with Crippen LogP contribution in [0.3, 0.4) is 0 Å². The molecule has 0 spiro atoms. The fourth-order valence-corrected chi connectivity index (χ4v) is 1.12. The van der Waals surface area contributed by atoms with Crippen molar-refractivity contribution in [2.45, 2.75) is 6.42 Å². The number of carbonyl (C=O) groups is 1. The molecule has 0 radical (unpaired) electrons. The minimum Gasteiger partial charge on any atom is -0.497 e. The zero-order valence-corrected chi connectivity index (χ0v) is 8.90. The largest absolute Gasteiger partial charge is 0.497 e. The van der Waals surface area contributed by atoms with Gasteiger partial charge in [-0.3, -0.25) is 0 Å². The van der Waals surface area contributed by atoms with E-state index in [2.05, 4.69) is 4.74 Å². The lowest BCUT2D eigenvalue weighted by atomic mass is 10.1. The fraction of sp³-hybridized carbons (Fsp3) is 0.250. The van der Waals surface area contributed by atoms with Gasteiger partial charge in [-0.1, -0.05) is 18.2 Å². The Morgan fingerprint density at radius 3 is 2.47 bits per heavy atom. The molecule has 0 aromatic heterocycles. The number of esters is 1. The van der Waals surface area contributed by atoms with Gasteiger partial charge in [-0.2, -0.15) is 0 Å². The van der Waals surface area contributed by atoms with Gasteiger partial charge in [0.1, 0.15) is 5.75 Å². The molecule has 0 aliphatic carbocycles. The SMILES string of the molecule is COC(=O)/C=C/Cc1ccc(OC)cc1. The van der Waals surface area contributed by atoms with E-state index in [9.17, 15) is 4.79 Å². The van der Waals surface area contributed by atoms with Crippen LogP contribution in [0.1, 0.15) is 5.56 Å². The van der Waals surface area contributed by atoms with Gasteiger partial charge in [0, 0.05) is 6.08 Å². The number of ether oxygens (including phenoxy) is 2. The highest BCUT2D eigenvalue weighted by atomic mass is 16.5. The van der Waals surface area contributed by atoms with Gasteiger partial charge in [0.25, 0.3) is 0 Å². The first-order chi connectivity index (χ1) is 7.26. The second kappa shape index (κ2) is 5.86. The van der Waals surface area contributed by atoms with Gasteiger partial charge in [-0.05, 0) is 24.1 Å². The highest BCUT2D eigenvalue weighted by molar-refractivity contribution is 5.81. The maximum Gasteiger partial charge on any atom is 0.330 e. The molecular weight excluding hydrogens is 192 g/mol. The van der Waals surface area contributed by atoms with Gasteiger partial charge in [0.2, 0.25) is 0 Å². The van der Waals surface area contributed by atoms with Gasteiger partial charge < -0.3 is 9.47 Å². The van der Waals surface area contributed by atoms with Crippen LogP contribution in [0.4, 0.5) is 0 Å². The Labute approximate surface area is 89.3 Å². The Kier molecular flexibility index (Phi) is 4.41. The van der Waals surface area contributed by atoms with E-state index in [4.69, 9.17) is 4.74 Å². The highest BCUT2D eigenvalue weighted by Crippen LogP contribution is 2.11. The summed E-state index contributed by atoms with van der Waals surface area (Å²) in [7, 11) is 2.99. The highest BCUT2D eigenvalue weighted by Gasteiger charge is 1.93. The van der Waals surface area contributed by atoms with Crippen molar-refractivity contribution < 1.29 is 14.3 Å². The Morgan fingerprint density at radius 2 is 1.93 bits per heavy atom. The van der Waals surface area contributed by atoms with Gasteiger partial charge in [-0.25, -0.2) is 4.79 Å². The number of hydrogen-bond acceptors (Lipinski definition) is 3. The molecule has 1 aromatic carbocycles. The summed E-state index contributed by atoms with van der Waals surface area (Å²) in [5, 5.41) is 0.